The van der Waals surface area contributed by atoms with Crippen LogP contribution in [0.5, 0.6) is 0 Å². The molecule has 0 unspecified atom stereocenters. The van der Waals surface area contributed by atoms with Crippen LogP contribution in [0, 0.1) is 17.0 Å². The van der Waals surface area contributed by atoms with Crippen LogP contribution in [0.3, 0.4) is 0 Å². The molecule has 0 bridgehead atoms. The van der Waals surface area contributed by atoms with Crippen molar-refractivity contribution in [3.63, 3.8) is 0 Å². The molecule has 166 valence electrons. The number of aryl methyl sites for hydroxylation is 1. The predicted molar refractivity (Wildman–Crippen MR) is 109 cm³/mol. The van der Waals surface area contributed by atoms with Gasteiger partial charge in [-0.15, -0.1) is 0 Å². The van der Waals surface area contributed by atoms with E-state index in [1.165, 1.54) is 25.1 Å². The molecule has 0 radical (unpaired) electrons. The average Bonchev–Trinajstić information content (AvgIpc) is 3.05. The number of H-pyrrole nitrogens is 1. The number of alkyl halides is 3. The third-order valence-electron chi connectivity index (χ3n) is 4.53. The summed E-state index contributed by atoms with van der Waals surface area (Å²) >= 11 is 0. The first-order chi connectivity index (χ1) is 15.0. The van der Waals surface area contributed by atoms with Crippen LogP contribution in [0.25, 0.3) is 5.69 Å². The molecular weight excluding hydrogens is 431 g/mol. The lowest BCUT2D eigenvalue weighted by Gasteiger charge is -2.07. The molecule has 3 rings (SSSR count). The summed E-state index contributed by atoms with van der Waals surface area (Å²) in [5.41, 5.74) is 1.35. The first-order valence-electron chi connectivity index (χ1n) is 9.07. The Bertz CT molecular complexity index is 1270. The van der Waals surface area contributed by atoms with Crippen LogP contribution >= 0.6 is 0 Å². The zero-order valence-electron chi connectivity index (χ0n) is 16.7. The second-order valence-corrected chi connectivity index (χ2v) is 6.74. The summed E-state index contributed by atoms with van der Waals surface area (Å²) in [7, 11) is 0. The highest BCUT2D eigenvalue weighted by atomic mass is 19.4. The Morgan fingerprint density at radius 3 is 2.44 bits per heavy atom. The molecule has 0 saturated heterocycles. The van der Waals surface area contributed by atoms with Gasteiger partial charge in [-0.1, -0.05) is 6.07 Å². The number of rotatable bonds is 5. The van der Waals surface area contributed by atoms with Crippen LogP contribution in [-0.4, -0.2) is 26.3 Å². The molecule has 0 aliphatic rings. The largest absolute Gasteiger partial charge is 0.416 e. The van der Waals surface area contributed by atoms with Crippen LogP contribution in [-0.2, 0) is 6.18 Å². The zero-order chi connectivity index (χ0) is 23.6. The Labute approximate surface area is 178 Å². The lowest BCUT2D eigenvalue weighted by Crippen LogP contribution is -2.23. The Kier molecular flexibility index (Phi) is 5.96. The maximum atomic E-state index is 12.8. The van der Waals surface area contributed by atoms with Crippen LogP contribution in [0.15, 0.2) is 58.4 Å². The molecule has 0 saturated carbocycles. The van der Waals surface area contributed by atoms with Crippen molar-refractivity contribution in [2.45, 2.75) is 20.0 Å². The lowest BCUT2D eigenvalue weighted by atomic mass is 10.2. The molecule has 1 aromatic heterocycles. The SMILES string of the molecule is CC(=NNC(=O)c1cccc([N+](=O)[O-])c1)c1c(C)[nH]n(-c2ccc(C(F)(F)F)cc2)c1=O. The number of nitro groups is 1. The summed E-state index contributed by atoms with van der Waals surface area (Å²) in [6.45, 7) is 3.03. The minimum absolute atomic E-state index is 0.00343. The van der Waals surface area contributed by atoms with E-state index in [4.69, 9.17) is 0 Å². The summed E-state index contributed by atoms with van der Waals surface area (Å²) in [5, 5.41) is 17.5. The van der Waals surface area contributed by atoms with Gasteiger partial charge in [0.1, 0.15) is 0 Å². The van der Waals surface area contributed by atoms with Crippen LogP contribution in [0.2, 0.25) is 0 Å². The van der Waals surface area contributed by atoms with Gasteiger partial charge in [0.15, 0.2) is 0 Å². The molecule has 2 N–H and O–H groups in total. The van der Waals surface area contributed by atoms with Crippen molar-refractivity contribution in [3.8, 4) is 5.69 Å². The van der Waals surface area contributed by atoms with Crippen molar-refractivity contribution in [2.24, 2.45) is 5.10 Å². The molecule has 12 heteroatoms. The summed E-state index contributed by atoms with van der Waals surface area (Å²) < 4.78 is 39.3. The van der Waals surface area contributed by atoms with Crippen molar-refractivity contribution in [1.29, 1.82) is 0 Å². The van der Waals surface area contributed by atoms with E-state index in [1.807, 2.05) is 0 Å². The van der Waals surface area contributed by atoms with E-state index in [-0.39, 0.29) is 28.2 Å². The minimum Gasteiger partial charge on any atom is -0.295 e. The van der Waals surface area contributed by atoms with Gasteiger partial charge in [0.25, 0.3) is 17.2 Å². The van der Waals surface area contributed by atoms with Gasteiger partial charge in [-0.25, -0.2) is 10.1 Å². The Hall–Kier alpha value is -4.22. The highest BCUT2D eigenvalue weighted by Crippen LogP contribution is 2.29. The van der Waals surface area contributed by atoms with E-state index in [9.17, 15) is 32.9 Å². The maximum absolute atomic E-state index is 12.8. The zero-order valence-corrected chi connectivity index (χ0v) is 16.7. The summed E-state index contributed by atoms with van der Waals surface area (Å²) in [6, 6.07) is 9.06. The first-order valence-corrected chi connectivity index (χ1v) is 9.07. The molecule has 32 heavy (non-hydrogen) atoms. The number of carbonyl (C=O) groups is 1. The molecule has 2 aromatic carbocycles. The van der Waals surface area contributed by atoms with Crippen LogP contribution in [0.4, 0.5) is 18.9 Å². The van der Waals surface area contributed by atoms with Gasteiger partial charge >= 0.3 is 6.18 Å². The average molecular weight is 447 g/mol. The fraction of sp³-hybridized carbons (Fsp3) is 0.150. The molecule has 1 heterocycles. The lowest BCUT2D eigenvalue weighted by molar-refractivity contribution is -0.384. The van der Waals surface area contributed by atoms with E-state index in [1.54, 1.807) is 6.92 Å². The molecule has 9 nitrogen and oxygen atoms in total. The van der Waals surface area contributed by atoms with Gasteiger partial charge < -0.3 is 0 Å². The minimum atomic E-state index is -4.50. The van der Waals surface area contributed by atoms with E-state index in [2.05, 4.69) is 15.6 Å². The Morgan fingerprint density at radius 2 is 1.84 bits per heavy atom. The quantitative estimate of drug-likeness (QED) is 0.353. The number of carbonyl (C=O) groups excluding carboxylic acids is 1. The fourth-order valence-corrected chi connectivity index (χ4v) is 2.97. The number of non-ortho nitro benzene ring substituents is 1. The molecule has 0 aliphatic carbocycles. The van der Waals surface area contributed by atoms with Gasteiger partial charge in [-0.2, -0.15) is 18.3 Å². The van der Waals surface area contributed by atoms with E-state index in [0.29, 0.717) is 5.69 Å². The normalized spacial score (nSPS) is 12.0. The van der Waals surface area contributed by atoms with Gasteiger partial charge in [-0.05, 0) is 44.2 Å². The molecule has 0 aliphatic heterocycles. The number of nitro benzene ring substituents is 1. The van der Waals surface area contributed by atoms with Crippen molar-refractivity contribution < 1.29 is 22.9 Å². The molecule has 1 amide bonds. The fourth-order valence-electron chi connectivity index (χ4n) is 2.97. The van der Waals surface area contributed by atoms with E-state index < -0.39 is 28.1 Å². The molecule has 3 aromatic rings. The predicted octanol–water partition coefficient (Wildman–Crippen LogP) is 3.56. The number of nitrogens with zero attached hydrogens (tertiary/aromatic N) is 3. The Balaban J connectivity index is 1.85. The third kappa shape index (κ3) is 4.58. The third-order valence-corrected chi connectivity index (χ3v) is 4.53. The number of aromatic amines is 1. The number of aromatic nitrogens is 2. The molecular formula is C20H16F3N5O4. The number of hydrazone groups is 1. The van der Waals surface area contributed by atoms with Gasteiger partial charge in [-0.3, -0.25) is 24.8 Å². The molecule has 0 fully saturated rings. The topological polar surface area (TPSA) is 122 Å². The second kappa shape index (κ2) is 8.49. The second-order valence-electron chi connectivity index (χ2n) is 6.74. The summed E-state index contributed by atoms with van der Waals surface area (Å²) in [4.78, 5) is 35.2. The number of hydrogen-bond donors (Lipinski definition) is 2. The number of nitrogens with one attached hydrogen (secondary N) is 2. The number of hydrogen-bond acceptors (Lipinski definition) is 5. The van der Waals surface area contributed by atoms with Crippen molar-refractivity contribution in [3.05, 3.63) is 91.4 Å². The number of halogens is 3. The van der Waals surface area contributed by atoms with Crippen molar-refractivity contribution in [1.82, 2.24) is 15.2 Å². The van der Waals surface area contributed by atoms with Gasteiger partial charge in [0.05, 0.1) is 27.4 Å². The van der Waals surface area contributed by atoms with E-state index in [0.717, 1.165) is 35.0 Å². The van der Waals surface area contributed by atoms with Crippen LogP contribution < -0.4 is 11.0 Å². The Morgan fingerprint density at radius 1 is 1.19 bits per heavy atom. The van der Waals surface area contributed by atoms with E-state index >= 15 is 0 Å². The van der Waals surface area contributed by atoms with Crippen molar-refractivity contribution in [2.75, 3.05) is 0 Å². The first kappa shape index (κ1) is 22.5. The highest BCUT2D eigenvalue weighted by Gasteiger charge is 2.30. The van der Waals surface area contributed by atoms with Crippen molar-refractivity contribution >= 4 is 17.3 Å². The van der Waals surface area contributed by atoms with Crippen LogP contribution in [0.1, 0.15) is 34.1 Å². The molecule has 0 spiro atoms. The smallest absolute Gasteiger partial charge is 0.295 e. The highest BCUT2D eigenvalue weighted by molar-refractivity contribution is 6.01. The number of amides is 1. The van der Waals surface area contributed by atoms with Gasteiger partial charge in [0.2, 0.25) is 0 Å². The summed E-state index contributed by atoms with van der Waals surface area (Å²) in [6.07, 6.45) is -4.50. The molecule has 0 atom stereocenters. The van der Waals surface area contributed by atoms with Gasteiger partial charge in [0, 0.05) is 23.4 Å². The monoisotopic (exact) mass is 447 g/mol. The standard InChI is InChI=1S/C20H16F3N5O4/c1-11(24-25-18(29)13-4-3-5-16(10-13)28(31)32)17-12(2)26-27(19(17)30)15-8-6-14(7-9-15)20(21,22)23/h3-10,26H,1-2H3,(H,25,29). The number of benzene rings is 2. The maximum Gasteiger partial charge on any atom is 0.416 e. The summed E-state index contributed by atoms with van der Waals surface area (Å²) in [5.74, 6) is -0.718.